The molecule has 1 fully saturated rings. The van der Waals surface area contributed by atoms with Gasteiger partial charge in [0.15, 0.2) is 0 Å². The van der Waals surface area contributed by atoms with E-state index in [2.05, 4.69) is 10.6 Å². The molecule has 0 radical (unpaired) electrons. The van der Waals surface area contributed by atoms with E-state index in [0.29, 0.717) is 12.1 Å². The second-order valence-corrected chi connectivity index (χ2v) is 11.7. The van der Waals surface area contributed by atoms with Crippen LogP contribution in [0.5, 0.6) is 0 Å². The van der Waals surface area contributed by atoms with E-state index in [1.165, 1.54) is 0 Å². The number of benzene rings is 3. The first-order valence-electron chi connectivity index (χ1n) is 13.7. The molecule has 0 heterocycles. The van der Waals surface area contributed by atoms with Gasteiger partial charge >= 0.3 is 6.09 Å². The fourth-order valence-corrected chi connectivity index (χ4v) is 4.74. The van der Waals surface area contributed by atoms with Crippen molar-refractivity contribution < 1.29 is 19.1 Å². The quantitative estimate of drug-likeness (QED) is 0.333. The normalized spacial score (nSPS) is 14.9. The first-order valence-corrected chi connectivity index (χ1v) is 13.7. The number of fused-ring (bicyclic) bond motifs is 1. The van der Waals surface area contributed by atoms with Crippen LogP contribution in [-0.4, -0.2) is 40.5 Å². The van der Waals surface area contributed by atoms with E-state index in [1.54, 1.807) is 25.7 Å². The second-order valence-electron chi connectivity index (χ2n) is 11.7. The summed E-state index contributed by atoms with van der Waals surface area (Å²) in [7, 11) is 0. The number of hydrogen-bond donors (Lipinski definition) is 2. The predicted molar refractivity (Wildman–Crippen MR) is 154 cm³/mol. The second kappa shape index (κ2) is 11.9. The van der Waals surface area contributed by atoms with Gasteiger partial charge < -0.3 is 20.3 Å². The monoisotopic (exact) mass is 529 g/mol. The van der Waals surface area contributed by atoms with Crippen LogP contribution in [-0.2, 0) is 14.3 Å². The number of anilines is 1. The Bertz CT molecular complexity index is 1310. The SMILES string of the molecule is CC(C)CC(NC(=O)OC(C)(C)C)C(=O)N(C1CC1)C(C(=O)Nc1ccc2ccccc2c1)c1ccccc1. The molecule has 3 aromatic rings. The van der Waals surface area contributed by atoms with E-state index in [-0.39, 0.29) is 23.8 Å². The number of rotatable bonds is 9. The Morgan fingerprint density at radius 1 is 0.923 bits per heavy atom. The van der Waals surface area contributed by atoms with Gasteiger partial charge in [0.2, 0.25) is 5.91 Å². The van der Waals surface area contributed by atoms with Crippen LogP contribution in [0.3, 0.4) is 0 Å². The lowest BCUT2D eigenvalue weighted by molar-refractivity contribution is -0.141. The summed E-state index contributed by atoms with van der Waals surface area (Å²) in [4.78, 5) is 42.5. The van der Waals surface area contributed by atoms with Gasteiger partial charge in [-0.3, -0.25) is 9.59 Å². The molecule has 0 spiro atoms. The molecular formula is C32H39N3O4. The van der Waals surface area contributed by atoms with Crippen LogP contribution in [0.1, 0.15) is 65.5 Å². The zero-order chi connectivity index (χ0) is 28.2. The van der Waals surface area contributed by atoms with E-state index in [0.717, 1.165) is 29.2 Å². The van der Waals surface area contributed by atoms with Crippen molar-refractivity contribution in [2.75, 3.05) is 5.32 Å². The average Bonchev–Trinajstić information content (AvgIpc) is 3.70. The molecule has 3 aromatic carbocycles. The van der Waals surface area contributed by atoms with Crippen molar-refractivity contribution >= 4 is 34.4 Å². The molecule has 0 aromatic heterocycles. The van der Waals surface area contributed by atoms with Crippen LogP contribution in [0.4, 0.5) is 10.5 Å². The highest BCUT2D eigenvalue weighted by Gasteiger charge is 2.44. The highest BCUT2D eigenvalue weighted by molar-refractivity contribution is 6.00. The summed E-state index contributed by atoms with van der Waals surface area (Å²) in [5.74, 6) is -0.437. The summed E-state index contributed by atoms with van der Waals surface area (Å²) >= 11 is 0. The fourth-order valence-electron chi connectivity index (χ4n) is 4.74. The lowest BCUT2D eigenvalue weighted by atomic mass is 9.99. The molecule has 2 N–H and O–H groups in total. The Morgan fingerprint density at radius 3 is 2.18 bits per heavy atom. The minimum Gasteiger partial charge on any atom is -0.444 e. The minimum absolute atomic E-state index is 0.0832. The third kappa shape index (κ3) is 7.59. The zero-order valence-electron chi connectivity index (χ0n) is 23.4. The Kier molecular flexibility index (Phi) is 8.58. The van der Waals surface area contributed by atoms with Gasteiger partial charge in [0.05, 0.1) is 0 Å². The Balaban J connectivity index is 1.66. The van der Waals surface area contributed by atoms with E-state index in [4.69, 9.17) is 4.74 Å². The predicted octanol–water partition coefficient (Wildman–Crippen LogP) is 6.45. The molecule has 4 rings (SSSR count). The van der Waals surface area contributed by atoms with Gasteiger partial charge in [-0.25, -0.2) is 4.79 Å². The van der Waals surface area contributed by atoms with E-state index in [9.17, 15) is 14.4 Å². The Morgan fingerprint density at radius 2 is 1.56 bits per heavy atom. The third-order valence-corrected chi connectivity index (χ3v) is 6.55. The Labute approximate surface area is 230 Å². The molecule has 1 aliphatic rings. The molecule has 7 nitrogen and oxygen atoms in total. The van der Waals surface area contributed by atoms with E-state index in [1.807, 2.05) is 86.6 Å². The van der Waals surface area contributed by atoms with Crippen molar-refractivity contribution in [1.29, 1.82) is 0 Å². The molecule has 206 valence electrons. The van der Waals surface area contributed by atoms with Crippen molar-refractivity contribution in [2.45, 2.75) is 77.6 Å². The standard InChI is InChI=1S/C32H39N3O4/c1-21(2)19-27(34-31(38)39-32(3,4)5)30(37)35(26-17-18-26)28(23-12-7-6-8-13-23)29(36)33-25-16-15-22-11-9-10-14-24(22)20-25/h6-16,20-21,26-28H,17-19H2,1-5H3,(H,33,36)(H,34,38). The van der Waals surface area contributed by atoms with Crippen LogP contribution in [0, 0.1) is 5.92 Å². The number of alkyl carbamates (subject to hydrolysis) is 1. The summed E-state index contributed by atoms with van der Waals surface area (Å²) in [6.45, 7) is 9.35. The van der Waals surface area contributed by atoms with Gasteiger partial charge in [0, 0.05) is 11.7 Å². The highest BCUT2D eigenvalue weighted by Crippen LogP contribution is 2.36. The molecule has 1 aliphatic carbocycles. The molecule has 3 amide bonds. The largest absolute Gasteiger partial charge is 0.444 e. The van der Waals surface area contributed by atoms with Gasteiger partial charge in [-0.2, -0.15) is 0 Å². The molecule has 2 atom stereocenters. The van der Waals surface area contributed by atoms with Crippen molar-refractivity contribution in [3.8, 4) is 0 Å². The Hall–Kier alpha value is -3.87. The molecule has 2 unspecified atom stereocenters. The zero-order valence-corrected chi connectivity index (χ0v) is 23.4. The van der Waals surface area contributed by atoms with Crippen LogP contribution in [0.25, 0.3) is 10.8 Å². The van der Waals surface area contributed by atoms with Crippen LogP contribution in [0.2, 0.25) is 0 Å². The number of hydrogen-bond acceptors (Lipinski definition) is 4. The molecule has 0 aliphatic heterocycles. The van der Waals surface area contributed by atoms with Gasteiger partial charge in [-0.1, -0.05) is 74.5 Å². The number of carbonyl (C=O) groups is 3. The molecular weight excluding hydrogens is 490 g/mol. The van der Waals surface area contributed by atoms with Crippen molar-refractivity contribution in [3.05, 3.63) is 78.4 Å². The molecule has 0 bridgehead atoms. The first kappa shape index (κ1) is 28.1. The van der Waals surface area contributed by atoms with Crippen LogP contribution in [0.15, 0.2) is 72.8 Å². The number of ether oxygens (including phenoxy) is 1. The third-order valence-electron chi connectivity index (χ3n) is 6.55. The fraction of sp³-hybridized carbons (Fsp3) is 0.406. The lowest BCUT2D eigenvalue weighted by Gasteiger charge is -2.35. The van der Waals surface area contributed by atoms with E-state index < -0.39 is 23.8 Å². The topological polar surface area (TPSA) is 87.7 Å². The molecule has 0 saturated heterocycles. The van der Waals surface area contributed by atoms with Gasteiger partial charge in [-0.05, 0) is 74.4 Å². The molecule has 7 heteroatoms. The van der Waals surface area contributed by atoms with Crippen molar-refractivity contribution in [3.63, 3.8) is 0 Å². The molecule has 39 heavy (non-hydrogen) atoms. The smallest absolute Gasteiger partial charge is 0.408 e. The van der Waals surface area contributed by atoms with Gasteiger partial charge in [-0.15, -0.1) is 0 Å². The van der Waals surface area contributed by atoms with Gasteiger partial charge in [0.25, 0.3) is 5.91 Å². The van der Waals surface area contributed by atoms with E-state index >= 15 is 0 Å². The summed E-state index contributed by atoms with van der Waals surface area (Å²) in [6.07, 6.45) is 1.39. The summed E-state index contributed by atoms with van der Waals surface area (Å²) in [5.41, 5.74) is 0.683. The van der Waals surface area contributed by atoms with Crippen LogP contribution >= 0.6 is 0 Å². The van der Waals surface area contributed by atoms with Crippen molar-refractivity contribution in [2.24, 2.45) is 5.92 Å². The number of nitrogens with zero attached hydrogens (tertiary/aromatic N) is 1. The number of nitrogens with one attached hydrogen (secondary N) is 2. The number of amides is 3. The summed E-state index contributed by atoms with van der Waals surface area (Å²) < 4.78 is 5.46. The highest BCUT2D eigenvalue weighted by atomic mass is 16.6. The molecule has 1 saturated carbocycles. The minimum atomic E-state index is -0.854. The average molecular weight is 530 g/mol. The summed E-state index contributed by atoms with van der Waals surface area (Å²) in [6, 6.07) is 21.3. The maximum atomic E-state index is 14.2. The van der Waals surface area contributed by atoms with Gasteiger partial charge in [0.1, 0.15) is 17.7 Å². The first-order chi connectivity index (χ1) is 18.5. The maximum absolute atomic E-state index is 14.2. The van der Waals surface area contributed by atoms with Crippen molar-refractivity contribution in [1.82, 2.24) is 10.2 Å². The van der Waals surface area contributed by atoms with Crippen LogP contribution < -0.4 is 10.6 Å². The lowest BCUT2D eigenvalue weighted by Crippen LogP contribution is -2.53. The summed E-state index contributed by atoms with van der Waals surface area (Å²) in [5, 5.41) is 7.95. The maximum Gasteiger partial charge on any atom is 0.408 e. The number of carbonyl (C=O) groups excluding carboxylic acids is 3.